The molecule has 0 radical (unpaired) electrons. The highest BCUT2D eigenvalue weighted by Gasteiger charge is 2.59. The molecule has 3 fully saturated rings. The molecule has 0 N–H and O–H groups in total. The van der Waals surface area contributed by atoms with Gasteiger partial charge in [-0.05, 0) is 91.3 Å². The number of carbonyl (C=O) groups is 1. The van der Waals surface area contributed by atoms with Crippen molar-refractivity contribution >= 4 is 17.0 Å². The van der Waals surface area contributed by atoms with E-state index >= 15 is 0 Å². The van der Waals surface area contributed by atoms with Crippen LogP contribution in [0.1, 0.15) is 105 Å². The molecule has 0 aromatic heterocycles. The Bertz CT molecular complexity index is 699. The first-order valence-corrected chi connectivity index (χ1v) is 13.6. The van der Waals surface area contributed by atoms with E-state index in [0.717, 1.165) is 54.8 Å². The van der Waals surface area contributed by atoms with Crippen LogP contribution in [0.4, 0.5) is 4.79 Å². The Labute approximate surface area is 195 Å². The lowest BCUT2D eigenvalue weighted by Gasteiger charge is -2.58. The topological polar surface area (TPSA) is 26.3 Å². The Morgan fingerprint density at radius 1 is 1.10 bits per heavy atom. The average Bonchev–Trinajstić information content (AvgIpc) is 3.05. The largest absolute Gasteiger partial charge is 0.450 e. The summed E-state index contributed by atoms with van der Waals surface area (Å²) in [7, 11) is 0. The smallest absolute Gasteiger partial charge is 0.404 e. The standard InChI is InChI=1S/C28H45ClO2/c1-18(2)7-6-8-19(3)23-11-12-24-22-10-9-20-17-21(31-26(29)30)13-15-27(20,4)25(22)14-16-28(23,24)5/h9,18-19,21-25H,6-8,10-17H2,1-5H3/t19-,21+,22?,23?,24?,25?,27+,28?/m1/s1. The number of allylic oxidation sites excluding steroid dienone is 1. The van der Waals surface area contributed by atoms with Crippen molar-refractivity contribution in [3.05, 3.63) is 11.6 Å². The minimum atomic E-state index is -0.643. The molecule has 0 aliphatic heterocycles. The summed E-state index contributed by atoms with van der Waals surface area (Å²) in [5.74, 6) is 5.19. The van der Waals surface area contributed by atoms with Gasteiger partial charge in [0, 0.05) is 18.0 Å². The SMILES string of the molecule is CC(C)CCC[C@@H](C)C1CCC2C3CC=C4C[C@@H](OC(=O)Cl)CC[C@]4(C)C3CCC21C. The number of rotatable bonds is 6. The Balaban J connectivity index is 1.47. The number of carbonyl (C=O) groups excluding carboxylic acids is 1. The average molecular weight is 449 g/mol. The number of hydrogen-bond donors (Lipinski definition) is 0. The second-order valence-corrected chi connectivity index (χ2v) is 12.8. The maximum absolute atomic E-state index is 11.2. The fourth-order valence-electron chi connectivity index (χ4n) is 8.88. The molecule has 0 amide bonds. The van der Waals surface area contributed by atoms with Crippen molar-refractivity contribution in [1.29, 1.82) is 0 Å². The molecule has 0 spiro atoms. The van der Waals surface area contributed by atoms with E-state index in [1.54, 1.807) is 5.57 Å². The van der Waals surface area contributed by atoms with Crippen molar-refractivity contribution in [2.45, 2.75) is 111 Å². The molecule has 4 rings (SSSR count). The Morgan fingerprint density at radius 2 is 1.87 bits per heavy atom. The second kappa shape index (κ2) is 9.03. The van der Waals surface area contributed by atoms with Crippen molar-refractivity contribution in [3.63, 3.8) is 0 Å². The molecule has 0 bridgehead atoms. The number of hydrogen-bond acceptors (Lipinski definition) is 2. The maximum Gasteiger partial charge on any atom is 0.404 e. The quantitative estimate of drug-likeness (QED) is 0.299. The van der Waals surface area contributed by atoms with Crippen LogP contribution in [0.2, 0.25) is 0 Å². The molecular weight excluding hydrogens is 404 g/mol. The molecule has 4 aliphatic carbocycles. The van der Waals surface area contributed by atoms with Crippen molar-refractivity contribution in [1.82, 2.24) is 0 Å². The van der Waals surface area contributed by atoms with Crippen LogP contribution in [0.3, 0.4) is 0 Å². The second-order valence-electron chi connectivity index (χ2n) is 12.5. The van der Waals surface area contributed by atoms with Gasteiger partial charge in [-0.3, -0.25) is 0 Å². The van der Waals surface area contributed by atoms with Gasteiger partial charge in [0.25, 0.3) is 0 Å². The van der Waals surface area contributed by atoms with Gasteiger partial charge < -0.3 is 4.74 Å². The number of ether oxygens (including phenoxy) is 1. The van der Waals surface area contributed by atoms with Crippen LogP contribution >= 0.6 is 11.6 Å². The first kappa shape index (κ1) is 23.7. The van der Waals surface area contributed by atoms with Crippen molar-refractivity contribution in [3.8, 4) is 0 Å². The van der Waals surface area contributed by atoms with Gasteiger partial charge in [0.2, 0.25) is 0 Å². The normalized spacial score (nSPS) is 42.9. The van der Waals surface area contributed by atoms with Crippen LogP contribution in [0.25, 0.3) is 0 Å². The first-order chi connectivity index (χ1) is 14.6. The van der Waals surface area contributed by atoms with Crippen LogP contribution < -0.4 is 0 Å². The van der Waals surface area contributed by atoms with Gasteiger partial charge in [0.15, 0.2) is 0 Å². The molecule has 0 aromatic carbocycles. The van der Waals surface area contributed by atoms with Gasteiger partial charge in [-0.2, -0.15) is 0 Å². The highest BCUT2D eigenvalue weighted by molar-refractivity contribution is 6.61. The van der Waals surface area contributed by atoms with E-state index in [-0.39, 0.29) is 6.10 Å². The van der Waals surface area contributed by atoms with Crippen LogP contribution in [0, 0.1) is 46.3 Å². The Morgan fingerprint density at radius 3 is 2.58 bits per heavy atom. The van der Waals surface area contributed by atoms with E-state index in [1.165, 1.54) is 51.4 Å². The number of fused-ring (bicyclic) bond motifs is 5. The zero-order valence-electron chi connectivity index (χ0n) is 20.6. The molecule has 4 aliphatic rings. The van der Waals surface area contributed by atoms with Crippen molar-refractivity contribution in [2.24, 2.45) is 46.3 Å². The zero-order valence-corrected chi connectivity index (χ0v) is 21.3. The molecule has 0 saturated heterocycles. The minimum absolute atomic E-state index is 0.0164. The van der Waals surface area contributed by atoms with E-state index in [9.17, 15) is 4.79 Å². The molecule has 8 atom stereocenters. The van der Waals surface area contributed by atoms with Gasteiger partial charge >= 0.3 is 5.43 Å². The summed E-state index contributed by atoms with van der Waals surface area (Å²) < 4.78 is 5.38. The lowest BCUT2D eigenvalue weighted by molar-refractivity contribution is -0.0573. The third kappa shape index (κ3) is 4.36. The summed E-state index contributed by atoms with van der Waals surface area (Å²) in [6.07, 6.45) is 16.7. The lowest BCUT2D eigenvalue weighted by Crippen LogP contribution is -2.51. The van der Waals surface area contributed by atoms with E-state index in [0.29, 0.717) is 10.8 Å². The summed E-state index contributed by atoms with van der Waals surface area (Å²) >= 11 is 5.51. The molecule has 0 aromatic rings. The van der Waals surface area contributed by atoms with Crippen LogP contribution in [0.15, 0.2) is 11.6 Å². The number of halogens is 1. The molecule has 2 nitrogen and oxygen atoms in total. The summed E-state index contributed by atoms with van der Waals surface area (Å²) in [5.41, 5.74) is 1.77. The molecule has 31 heavy (non-hydrogen) atoms. The fourth-order valence-corrected chi connectivity index (χ4v) is 9.01. The van der Waals surface area contributed by atoms with Gasteiger partial charge in [0.1, 0.15) is 6.10 Å². The van der Waals surface area contributed by atoms with Gasteiger partial charge in [0.05, 0.1) is 0 Å². The van der Waals surface area contributed by atoms with E-state index in [1.807, 2.05) is 0 Å². The highest BCUT2D eigenvalue weighted by atomic mass is 35.5. The van der Waals surface area contributed by atoms with Crippen LogP contribution in [-0.4, -0.2) is 11.5 Å². The molecule has 3 saturated carbocycles. The van der Waals surface area contributed by atoms with E-state index < -0.39 is 5.43 Å². The van der Waals surface area contributed by atoms with Crippen molar-refractivity contribution < 1.29 is 9.53 Å². The highest BCUT2D eigenvalue weighted by Crippen LogP contribution is 2.67. The summed E-state index contributed by atoms with van der Waals surface area (Å²) in [6, 6.07) is 0. The maximum atomic E-state index is 11.2. The predicted octanol–water partition coefficient (Wildman–Crippen LogP) is 8.77. The van der Waals surface area contributed by atoms with Crippen LogP contribution in [0.5, 0.6) is 0 Å². The summed E-state index contributed by atoms with van der Waals surface area (Å²) in [5, 5.41) is 0. The molecule has 3 heteroatoms. The lowest BCUT2D eigenvalue weighted by atomic mass is 9.47. The summed E-state index contributed by atoms with van der Waals surface area (Å²) in [4.78, 5) is 11.2. The Kier molecular flexibility index (Phi) is 6.89. The molecule has 0 heterocycles. The first-order valence-electron chi connectivity index (χ1n) is 13.2. The third-order valence-corrected chi connectivity index (χ3v) is 10.6. The fraction of sp³-hybridized carbons (Fsp3) is 0.893. The van der Waals surface area contributed by atoms with Gasteiger partial charge in [-0.25, -0.2) is 4.79 Å². The van der Waals surface area contributed by atoms with E-state index in [2.05, 4.69) is 40.7 Å². The van der Waals surface area contributed by atoms with Crippen molar-refractivity contribution in [2.75, 3.05) is 0 Å². The summed E-state index contributed by atoms with van der Waals surface area (Å²) in [6.45, 7) is 12.5. The predicted molar refractivity (Wildman–Crippen MR) is 129 cm³/mol. The van der Waals surface area contributed by atoms with E-state index in [4.69, 9.17) is 16.3 Å². The third-order valence-electron chi connectivity index (χ3n) is 10.5. The monoisotopic (exact) mass is 448 g/mol. The van der Waals surface area contributed by atoms with Crippen LogP contribution in [-0.2, 0) is 4.74 Å². The zero-order chi connectivity index (χ0) is 22.4. The molecular formula is C28H45ClO2. The Hall–Kier alpha value is -0.500. The minimum Gasteiger partial charge on any atom is -0.450 e. The van der Waals surface area contributed by atoms with Gasteiger partial charge in [-0.15, -0.1) is 0 Å². The molecule has 5 unspecified atom stereocenters. The van der Waals surface area contributed by atoms with Gasteiger partial charge in [-0.1, -0.05) is 65.5 Å². The molecule has 176 valence electrons.